The first-order valence-corrected chi connectivity index (χ1v) is 17.9. The maximum absolute atomic E-state index is 15.5. The van der Waals surface area contributed by atoms with E-state index in [1.165, 1.54) is 0 Å². The minimum absolute atomic E-state index is 0.250. The Bertz CT molecular complexity index is 1640. The molecular weight excluding hydrogens is 672 g/mol. The molecule has 4 N–H and O–H groups in total. The van der Waals surface area contributed by atoms with Gasteiger partial charge < -0.3 is 39.8 Å². The van der Waals surface area contributed by atoms with Crippen LogP contribution in [0, 0.1) is 17.3 Å². The molecule has 4 aromatic carbocycles. The third-order valence-electron chi connectivity index (χ3n) is 10.7. The summed E-state index contributed by atoms with van der Waals surface area (Å²) in [6, 6.07) is 26.1. The van der Waals surface area contributed by atoms with Gasteiger partial charge >= 0.3 is 0 Å². The van der Waals surface area contributed by atoms with Gasteiger partial charge in [0.25, 0.3) is 0 Å². The fourth-order valence-corrected chi connectivity index (χ4v) is 7.77. The molecule has 0 saturated heterocycles. The van der Waals surface area contributed by atoms with Gasteiger partial charge in [-0.1, -0.05) is 76.2 Å². The van der Waals surface area contributed by atoms with Gasteiger partial charge in [0.15, 0.2) is 0 Å². The van der Waals surface area contributed by atoms with Crippen LogP contribution < -0.4 is 24.7 Å². The van der Waals surface area contributed by atoms with E-state index in [9.17, 15) is 15.0 Å². The monoisotopic (exact) mass is 724 g/mol. The van der Waals surface area contributed by atoms with Crippen LogP contribution in [0.5, 0.6) is 23.0 Å². The molecule has 282 valence electrons. The molecule has 10 heteroatoms. The van der Waals surface area contributed by atoms with Gasteiger partial charge in [0.1, 0.15) is 39.6 Å². The molecule has 5 rings (SSSR count). The average molecular weight is 725 g/mol. The molecule has 1 aliphatic rings. The molecule has 1 fully saturated rings. The average Bonchev–Trinajstić information content (AvgIpc) is 3.99. The SMILES string of the molecule is COc1ccc(C(O)(c2ccc(OC)cc2)C(C(C)C)N(C(=O)C2(C(N)=O)CC2)C(C(C)C)C(O)(c2ccc(OC)cc2)c2ccc(OC)cc2)cc1. The quantitative estimate of drug-likeness (QED) is 0.119. The molecule has 0 heterocycles. The van der Waals surface area contributed by atoms with E-state index in [1.54, 1.807) is 130 Å². The molecule has 10 nitrogen and oxygen atoms in total. The summed E-state index contributed by atoms with van der Waals surface area (Å²) in [6.45, 7) is 7.68. The second kappa shape index (κ2) is 15.5. The number of aliphatic hydroxyl groups is 2. The Hall–Kier alpha value is -5.06. The van der Waals surface area contributed by atoms with Crippen LogP contribution in [-0.4, -0.2) is 67.5 Å². The smallest absolute Gasteiger partial charge is 0.239 e. The topological polar surface area (TPSA) is 141 Å². The second-order valence-corrected chi connectivity index (χ2v) is 14.5. The number of amides is 2. The van der Waals surface area contributed by atoms with Crippen molar-refractivity contribution in [1.29, 1.82) is 0 Å². The minimum Gasteiger partial charge on any atom is -0.497 e. The summed E-state index contributed by atoms with van der Waals surface area (Å²) in [6.07, 6.45) is 0.501. The molecule has 0 radical (unpaired) electrons. The molecule has 2 atom stereocenters. The van der Waals surface area contributed by atoms with Crippen molar-refractivity contribution in [3.8, 4) is 23.0 Å². The Morgan fingerprint density at radius 2 is 0.811 bits per heavy atom. The number of ether oxygens (including phenoxy) is 4. The van der Waals surface area contributed by atoms with E-state index in [0.717, 1.165) is 0 Å². The van der Waals surface area contributed by atoms with Crippen LogP contribution in [0.25, 0.3) is 0 Å². The van der Waals surface area contributed by atoms with E-state index < -0.39 is 52.4 Å². The van der Waals surface area contributed by atoms with E-state index in [-0.39, 0.29) is 12.8 Å². The summed E-state index contributed by atoms with van der Waals surface area (Å²) in [5.74, 6) is 0.134. The highest BCUT2D eigenvalue weighted by atomic mass is 16.5. The van der Waals surface area contributed by atoms with Crippen LogP contribution in [0.4, 0.5) is 0 Å². The molecule has 2 amide bonds. The second-order valence-electron chi connectivity index (χ2n) is 14.5. The van der Waals surface area contributed by atoms with Gasteiger partial charge in [-0.05, 0) is 95.5 Å². The molecule has 0 spiro atoms. The maximum Gasteiger partial charge on any atom is 0.239 e. The molecule has 4 aromatic rings. The lowest BCUT2D eigenvalue weighted by Gasteiger charge is -2.54. The number of methoxy groups -OCH3 is 4. The zero-order valence-electron chi connectivity index (χ0n) is 31.8. The van der Waals surface area contributed by atoms with Crippen molar-refractivity contribution < 1.29 is 38.7 Å². The van der Waals surface area contributed by atoms with Gasteiger partial charge in [-0.3, -0.25) is 9.59 Å². The number of nitrogens with two attached hydrogens (primary N) is 1. The highest BCUT2D eigenvalue weighted by molar-refractivity contribution is 6.07. The van der Waals surface area contributed by atoms with Crippen molar-refractivity contribution in [3.05, 3.63) is 119 Å². The lowest BCUT2D eigenvalue weighted by Crippen LogP contribution is -2.67. The Balaban J connectivity index is 1.89. The number of primary amides is 1. The van der Waals surface area contributed by atoms with Crippen molar-refractivity contribution in [1.82, 2.24) is 4.90 Å². The summed E-state index contributed by atoms with van der Waals surface area (Å²) < 4.78 is 21.9. The standard InChI is InChI=1S/C43H52N2O8/c1-27(2)37(42(48,29-9-17-33(50-5)18-10-29)30-11-19-34(51-6)20-12-30)45(40(47)41(25-26-41)39(44)46)38(28(3)4)43(49,31-13-21-35(52-7)22-14-31)32-15-23-36(53-8)24-16-32/h9-24,27-28,37-38,48-49H,25-26H2,1-8H3,(H2,44,46). The van der Waals surface area contributed by atoms with Gasteiger partial charge in [0, 0.05) is 0 Å². The summed E-state index contributed by atoms with van der Waals surface area (Å²) in [5, 5.41) is 27.2. The molecule has 53 heavy (non-hydrogen) atoms. The summed E-state index contributed by atoms with van der Waals surface area (Å²) >= 11 is 0. The lowest BCUT2D eigenvalue weighted by molar-refractivity contribution is -0.168. The number of carbonyl (C=O) groups excluding carboxylic acids is 2. The number of carbonyl (C=O) groups is 2. The molecule has 1 aliphatic carbocycles. The van der Waals surface area contributed by atoms with Gasteiger partial charge in [0.05, 0.1) is 40.5 Å². The molecular formula is C43H52N2O8. The Morgan fingerprint density at radius 1 is 0.566 bits per heavy atom. The van der Waals surface area contributed by atoms with Crippen LogP contribution in [-0.2, 0) is 20.8 Å². The van der Waals surface area contributed by atoms with Crippen LogP contribution in [0.2, 0.25) is 0 Å². The summed E-state index contributed by atoms with van der Waals surface area (Å²) in [7, 11) is 6.25. The van der Waals surface area contributed by atoms with Crippen LogP contribution in [0.15, 0.2) is 97.1 Å². The van der Waals surface area contributed by atoms with Crippen molar-refractivity contribution in [2.45, 2.75) is 63.8 Å². The largest absolute Gasteiger partial charge is 0.497 e. The number of rotatable bonds is 16. The number of hydrogen-bond acceptors (Lipinski definition) is 8. The number of hydrogen-bond donors (Lipinski definition) is 3. The van der Waals surface area contributed by atoms with E-state index in [0.29, 0.717) is 45.3 Å². The van der Waals surface area contributed by atoms with Crippen molar-refractivity contribution in [2.75, 3.05) is 28.4 Å². The van der Waals surface area contributed by atoms with Crippen molar-refractivity contribution in [3.63, 3.8) is 0 Å². The first-order chi connectivity index (χ1) is 25.2. The Kier molecular flexibility index (Phi) is 11.5. The zero-order valence-corrected chi connectivity index (χ0v) is 31.8. The first-order valence-electron chi connectivity index (χ1n) is 17.9. The number of benzene rings is 4. The van der Waals surface area contributed by atoms with E-state index in [4.69, 9.17) is 24.7 Å². The first kappa shape index (κ1) is 39.2. The van der Waals surface area contributed by atoms with Gasteiger partial charge in [-0.15, -0.1) is 0 Å². The maximum atomic E-state index is 15.5. The van der Waals surface area contributed by atoms with E-state index >= 15 is 4.79 Å². The van der Waals surface area contributed by atoms with Crippen LogP contribution in [0.1, 0.15) is 62.8 Å². The zero-order chi connectivity index (χ0) is 38.7. The molecule has 0 bridgehead atoms. The highest BCUT2D eigenvalue weighted by Gasteiger charge is 2.63. The van der Waals surface area contributed by atoms with Gasteiger partial charge in [0.2, 0.25) is 11.8 Å². The predicted octanol–water partition coefficient (Wildman–Crippen LogP) is 6.04. The third kappa shape index (κ3) is 7.05. The fraction of sp³-hybridized carbons (Fsp3) is 0.395. The lowest BCUT2D eigenvalue weighted by atomic mass is 9.69. The minimum atomic E-state index is -1.90. The predicted molar refractivity (Wildman–Crippen MR) is 203 cm³/mol. The Labute approximate surface area is 312 Å². The van der Waals surface area contributed by atoms with Crippen LogP contribution in [0.3, 0.4) is 0 Å². The Morgan fingerprint density at radius 3 is 0.981 bits per heavy atom. The fourth-order valence-electron chi connectivity index (χ4n) is 7.77. The highest BCUT2D eigenvalue weighted by Crippen LogP contribution is 2.53. The molecule has 1 saturated carbocycles. The summed E-state index contributed by atoms with van der Waals surface area (Å²) in [5.41, 5.74) is 2.64. The van der Waals surface area contributed by atoms with E-state index in [2.05, 4.69) is 0 Å². The summed E-state index contributed by atoms with van der Waals surface area (Å²) in [4.78, 5) is 30.4. The third-order valence-corrected chi connectivity index (χ3v) is 10.7. The van der Waals surface area contributed by atoms with Crippen LogP contribution >= 0.6 is 0 Å². The van der Waals surface area contributed by atoms with Gasteiger partial charge in [-0.2, -0.15) is 0 Å². The normalized spacial score (nSPS) is 15.0. The molecule has 2 unspecified atom stereocenters. The van der Waals surface area contributed by atoms with Crippen molar-refractivity contribution >= 4 is 11.8 Å². The molecule has 0 aliphatic heterocycles. The van der Waals surface area contributed by atoms with Gasteiger partial charge in [-0.25, -0.2) is 0 Å². The molecule has 0 aromatic heterocycles. The van der Waals surface area contributed by atoms with Crippen molar-refractivity contribution in [2.24, 2.45) is 23.0 Å². The number of nitrogens with zero attached hydrogens (tertiary/aromatic N) is 1. The van der Waals surface area contributed by atoms with E-state index in [1.807, 2.05) is 27.7 Å².